The van der Waals surface area contributed by atoms with Crippen LogP contribution in [0.3, 0.4) is 0 Å². The zero-order valence-electron chi connectivity index (χ0n) is 17.5. The lowest BCUT2D eigenvalue weighted by Gasteiger charge is -2.27. The molecule has 0 bridgehead atoms. The molecule has 8 heteroatoms. The predicted molar refractivity (Wildman–Crippen MR) is 119 cm³/mol. The van der Waals surface area contributed by atoms with Crippen LogP contribution in [-0.2, 0) is 10.0 Å². The highest BCUT2D eigenvalue weighted by Gasteiger charge is 2.14. The second-order valence-electron chi connectivity index (χ2n) is 6.80. The molecule has 0 saturated carbocycles. The highest BCUT2D eigenvalue weighted by Crippen LogP contribution is 2.29. The molecule has 0 unspecified atom stereocenters. The third kappa shape index (κ3) is 5.87. The molecule has 0 aliphatic rings. The Morgan fingerprint density at radius 1 is 1.10 bits per heavy atom. The number of carbonyl (C=O) groups excluding carboxylic acids is 1. The number of nitrogens with zero attached hydrogens (tertiary/aromatic N) is 1. The van der Waals surface area contributed by atoms with E-state index < -0.39 is 10.0 Å². The molecule has 0 fully saturated rings. The van der Waals surface area contributed by atoms with E-state index >= 15 is 0 Å². The van der Waals surface area contributed by atoms with Gasteiger partial charge in [-0.05, 0) is 64.1 Å². The van der Waals surface area contributed by atoms with Crippen molar-refractivity contribution in [3.8, 4) is 5.75 Å². The Kier molecular flexibility index (Phi) is 7.50. The van der Waals surface area contributed by atoms with Crippen molar-refractivity contribution in [2.45, 2.75) is 33.7 Å². The number of amides is 1. The van der Waals surface area contributed by atoms with Gasteiger partial charge in [0, 0.05) is 35.6 Å². The fourth-order valence-corrected chi connectivity index (χ4v) is 3.59. The predicted octanol–water partition coefficient (Wildman–Crippen LogP) is 3.94. The van der Waals surface area contributed by atoms with E-state index in [4.69, 9.17) is 4.74 Å². The van der Waals surface area contributed by atoms with Gasteiger partial charge in [-0.3, -0.25) is 9.52 Å². The summed E-state index contributed by atoms with van der Waals surface area (Å²) in [4.78, 5) is 14.8. The van der Waals surface area contributed by atoms with Crippen molar-refractivity contribution >= 4 is 33.0 Å². The second kappa shape index (κ2) is 9.65. The van der Waals surface area contributed by atoms with Crippen molar-refractivity contribution in [2.24, 2.45) is 0 Å². The molecule has 2 aromatic carbocycles. The highest BCUT2D eigenvalue weighted by molar-refractivity contribution is 7.92. The molecule has 0 atom stereocenters. The number of methoxy groups -OCH3 is 1. The van der Waals surface area contributed by atoms with E-state index in [-0.39, 0.29) is 11.7 Å². The molecule has 158 valence electrons. The fourth-order valence-electron chi connectivity index (χ4n) is 2.95. The monoisotopic (exact) mass is 419 g/mol. The largest absolute Gasteiger partial charge is 0.494 e. The average molecular weight is 420 g/mol. The van der Waals surface area contributed by atoms with Crippen molar-refractivity contribution in [1.82, 2.24) is 0 Å². The van der Waals surface area contributed by atoms with Gasteiger partial charge >= 0.3 is 0 Å². The molecule has 2 rings (SSSR count). The van der Waals surface area contributed by atoms with Crippen LogP contribution in [0, 0.1) is 0 Å². The first kappa shape index (κ1) is 22.5. The van der Waals surface area contributed by atoms with Crippen molar-refractivity contribution in [2.75, 3.05) is 34.3 Å². The number of anilines is 3. The molecule has 7 nitrogen and oxygen atoms in total. The first-order valence-electron chi connectivity index (χ1n) is 9.57. The fraction of sp³-hybridized carbons (Fsp3) is 0.381. The summed E-state index contributed by atoms with van der Waals surface area (Å²) in [6, 6.07) is 12.6. The van der Waals surface area contributed by atoms with Gasteiger partial charge < -0.3 is 15.0 Å². The van der Waals surface area contributed by atoms with Crippen LogP contribution >= 0.6 is 0 Å². The summed E-state index contributed by atoms with van der Waals surface area (Å²) in [5, 5.41) is 2.81. The number of carbonyl (C=O) groups is 1. The number of nitrogens with one attached hydrogen (secondary N) is 2. The zero-order chi connectivity index (χ0) is 21.6. The smallest absolute Gasteiger partial charge is 0.255 e. The maximum Gasteiger partial charge on any atom is 0.255 e. The molecule has 0 radical (unpaired) electrons. The number of hydrogen-bond donors (Lipinski definition) is 2. The third-order valence-corrected chi connectivity index (χ3v) is 5.82. The van der Waals surface area contributed by atoms with Gasteiger partial charge in [0.15, 0.2) is 0 Å². The number of rotatable bonds is 9. The van der Waals surface area contributed by atoms with E-state index in [0.717, 1.165) is 12.2 Å². The molecular formula is C21H29N3O4S. The zero-order valence-corrected chi connectivity index (χ0v) is 18.3. The van der Waals surface area contributed by atoms with E-state index in [2.05, 4.69) is 35.7 Å². The molecular weight excluding hydrogens is 390 g/mol. The van der Waals surface area contributed by atoms with Gasteiger partial charge in [-0.25, -0.2) is 8.42 Å². The van der Waals surface area contributed by atoms with Crippen LogP contribution in [0.4, 0.5) is 17.1 Å². The molecule has 2 N–H and O–H groups in total. The van der Waals surface area contributed by atoms with E-state index in [1.165, 1.54) is 7.11 Å². The minimum Gasteiger partial charge on any atom is -0.494 e. The Balaban J connectivity index is 2.16. The maximum absolute atomic E-state index is 12.6. The van der Waals surface area contributed by atoms with Crippen LogP contribution in [0.25, 0.3) is 0 Å². The van der Waals surface area contributed by atoms with E-state index in [1.807, 2.05) is 12.1 Å². The molecule has 0 aromatic heterocycles. The second-order valence-corrected chi connectivity index (χ2v) is 8.81. The lowest BCUT2D eigenvalue weighted by molar-refractivity contribution is 0.102. The van der Waals surface area contributed by atoms with Crippen molar-refractivity contribution < 1.29 is 17.9 Å². The number of benzene rings is 2. The molecule has 0 spiro atoms. The van der Waals surface area contributed by atoms with Gasteiger partial charge in [-0.1, -0.05) is 0 Å². The first-order valence-corrected chi connectivity index (χ1v) is 11.2. The molecule has 0 aliphatic carbocycles. The molecule has 0 heterocycles. The van der Waals surface area contributed by atoms with E-state index in [0.29, 0.717) is 28.7 Å². The summed E-state index contributed by atoms with van der Waals surface area (Å²) >= 11 is 0. The van der Waals surface area contributed by atoms with Crippen molar-refractivity contribution in [1.29, 1.82) is 0 Å². The summed E-state index contributed by atoms with van der Waals surface area (Å²) in [5.41, 5.74) is 2.43. The number of ether oxygens (including phenoxy) is 1. The standard InChI is InChI=1S/C21H29N3O4S/c1-6-24(15(3)4)18-11-8-16(9-12-18)21(25)22-17-10-13-19(20(14-17)28-5)23-29(26,27)7-2/h8-15,23H,6-7H2,1-5H3,(H,22,25). The Morgan fingerprint density at radius 2 is 1.76 bits per heavy atom. The minimum absolute atomic E-state index is 0.0447. The lowest BCUT2D eigenvalue weighted by atomic mass is 10.1. The maximum atomic E-state index is 12.6. The SMILES string of the molecule is CCN(c1ccc(C(=O)Nc2ccc(NS(=O)(=O)CC)c(OC)c2)cc1)C(C)C. The highest BCUT2D eigenvalue weighted by atomic mass is 32.2. The normalized spacial score (nSPS) is 11.2. The van der Waals surface area contributed by atoms with Gasteiger partial charge in [0.25, 0.3) is 5.91 Å². The summed E-state index contributed by atoms with van der Waals surface area (Å²) in [6.45, 7) is 8.79. The Labute approximate surface area is 173 Å². The van der Waals surface area contributed by atoms with Crippen LogP contribution < -0.4 is 19.7 Å². The number of hydrogen-bond acceptors (Lipinski definition) is 5. The summed E-state index contributed by atoms with van der Waals surface area (Å²) in [5.74, 6) is 0.0236. The topological polar surface area (TPSA) is 87.7 Å². The van der Waals surface area contributed by atoms with Gasteiger partial charge in [0.05, 0.1) is 18.6 Å². The molecule has 0 aliphatic heterocycles. The third-order valence-electron chi connectivity index (χ3n) is 4.53. The van der Waals surface area contributed by atoms with Crippen LogP contribution in [-0.4, -0.2) is 39.8 Å². The van der Waals surface area contributed by atoms with Crippen LogP contribution in [0.2, 0.25) is 0 Å². The summed E-state index contributed by atoms with van der Waals surface area (Å²) in [6.07, 6.45) is 0. The van der Waals surface area contributed by atoms with Gasteiger partial charge in [-0.2, -0.15) is 0 Å². The van der Waals surface area contributed by atoms with Gasteiger partial charge in [0.1, 0.15) is 5.75 Å². The van der Waals surface area contributed by atoms with Crippen molar-refractivity contribution in [3.63, 3.8) is 0 Å². The van der Waals surface area contributed by atoms with E-state index in [1.54, 1.807) is 37.3 Å². The first-order chi connectivity index (χ1) is 13.7. The summed E-state index contributed by atoms with van der Waals surface area (Å²) in [7, 11) is -1.98. The lowest BCUT2D eigenvalue weighted by Crippen LogP contribution is -2.30. The van der Waals surface area contributed by atoms with Crippen LogP contribution in [0.15, 0.2) is 42.5 Å². The van der Waals surface area contributed by atoms with Crippen LogP contribution in [0.1, 0.15) is 38.1 Å². The van der Waals surface area contributed by atoms with Gasteiger partial charge in [-0.15, -0.1) is 0 Å². The molecule has 0 saturated heterocycles. The Morgan fingerprint density at radius 3 is 2.28 bits per heavy atom. The van der Waals surface area contributed by atoms with Crippen LogP contribution in [0.5, 0.6) is 5.75 Å². The molecule has 2 aromatic rings. The van der Waals surface area contributed by atoms with Gasteiger partial charge in [0.2, 0.25) is 10.0 Å². The Bertz CT molecular complexity index is 941. The molecule has 29 heavy (non-hydrogen) atoms. The number of sulfonamides is 1. The minimum atomic E-state index is -3.43. The molecule has 1 amide bonds. The van der Waals surface area contributed by atoms with Crippen molar-refractivity contribution in [3.05, 3.63) is 48.0 Å². The summed E-state index contributed by atoms with van der Waals surface area (Å²) < 4.78 is 31.3. The Hall–Kier alpha value is -2.74. The quantitative estimate of drug-likeness (QED) is 0.643. The van der Waals surface area contributed by atoms with E-state index in [9.17, 15) is 13.2 Å². The average Bonchev–Trinajstić information content (AvgIpc) is 2.69.